The third kappa shape index (κ3) is 0.942. The van der Waals surface area contributed by atoms with Gasteiger partial charge < -0.3 is 14.4 Å². The molecule has 3 heteroatoms. The topological polar surface area (TPSA) is 21.7 Å². The van der Waals surface area contributed by atoms with Gasteiger partial charge in [0.15, 0.2) is 0 Å². The van der Waals surface area contributed by atoms with Crippen molar-refractivity contribution in [1.29, 1.82) is 0 Å². The maximum Gasteiger partial charge on any atom is 0.137 e. The van der Waals surface area contributed by atoms with Crippen molar-refractivity contribution in [1.82, 2.24) is 4.90 Å². The van der Waals surface area contributed by atoms with E-state index in [1.807, 2.05) is 0 Å². The highest BCUT2D eigenvalue weighted by Gasteiger charge is 2.78. The van der Waals surface area contributed by atoms with Crippen molar-refractivity contribution >= 4 is 0 Å². The molecule has 0 N–H and O–H groups in total. The maximum atomic E-state index is 6.68. The summed E-state index contributed by atoms with van der Waals surface area (Å²) in [6, 6.07) is 5.14. The van der Waals surface area contributed by atoms with E-state index < -0.39 is 0 Å². The van der Waals surface area contributed by atoms with Crippen molar-refractivity contribution in [2.75, 3.05) is 13.6 Å². The fourth-order valence-electron chi connectivity index (χ4n) is 6.46. The number of fused-ring (bicyclic) bond motifs is 2. The third-order valence-electron chi connectivity index (χ3n) is 7.21. The number of hydrogen-bond donors (Lipinski definition) is 0. The van der Waals surface area contributed by atoms with Crippen molar-refractivity contribution in [3.05, 3.63) is 28.8 Å². The summed E-state index contributed by atoms with van der Waals surface area (Å²) in [4.78, 5) is 2.55. The average molecular weight is 283 g/mol. The lowest BCUT2D eigenvalue weighted by molar-refractivity contribution is -0.115. The Hall–Kier alpha value is -1.06. The van der Waals surface area contributed by atoms with E-state index >= 15 is 0 Å². The molecular weight excluding hydrogens is 262 g/mol. The second kappa shape index (κ2) is 3.16. The first-order chi connectivity index (χ1) is 10.2. The number of likely N-dealkylation sites (tertiary alicyclic amines) is 1. The molecule has 1 aliphatic carbocycles. The van der Waals surface area contributed by atoms with Crippen LogP contribution in [0.4, 0.5) is 0 Å². The molecule has 4 heterocycles. The number of rotatable bonds is 0. The molecule has 3 fully saturated rings. The molecule has 0 unspecified atom stereocenters. The lowest BCUT2D eigenvalue weighted by Gasteiger charge is -2.58. The van der Waals surface area contributed by atoms with Crippen molar-refractivity contribution < 1.29 is 9.47 Å². The molecule has 0 radical (unpaired) electrons. The lowest BCUT2D eigenvalue weighted by atomic mass is 9.51. The van der Waals surface area contributed by atoms with Gasteiger partial charge in [0.25, 0.3) is 0 Å². The number of likely N-dealkylation sites (N-methyl/N-ethyl adjacent to an activating group) is 1. The first kappa shape index (κ1) is 11.5. The van der Waals surface area contributed by atoms with E-state index in [1.54, 1.807) is 5.56 Å². The second-order valence-electron chi connectivity index (χ2n) is 7.79. The average Bonchev–Trinajstić information content (AvgIpc) is 3.11. The van der Waals surface area contributed by atoms with Crippen LogP contribution in [0.2, 0.25) is 0 Å². The van der Waals surface area contributed by atoms with Crippen molar-refractivity contribution in [2.24, 2.45) is 0 Å². The van der Waals surface area contributed by atoms with Crippen molar-refractivity contribution in [3.8, 4) is 5.75 Å². The van der Waals surface area contributed by atoms with Crippen LogP contribution in [0.25, 0.3) is 0 Å². The van der Waals surface area contributed by atoms with Crippen LogP contribution in [0, 0.1) is 6.92 Å². The summed E-state index contributed by atoms with van der Waals surface area (Å²) in [5.74, 6) is 1.21. The van der Waals surface area contributed by atoms with Gasteiger partial charge in [-0.3, -0.25) is 0 Å². The highest BCUT2D eigenvalue weighted by molar-refractivity contribution is 5.61. The van der Waals surface area contributed by atoms with Crippen LogP contribution in [-0.2, 0) is 16.6 Å². The standard InChI is InChI=1S/C18H21NO2/c1-10-3-4-11-9-13-18-6-5-12(21-18)16-17(18,7-8-19(13)2)14(11)15(10)20-16/h3-4,12-13,16H,5-9H2,1-2H3/t12-,13-,16+,17+,18-/m0/s1. The van der Waals surface area contributed by atoms with Crippen LogP contribution in [-0.4, -0.2) is 42.3 Å². The van der Waals surface area contributed by atoms with Gasteiger partial charge >= 0.3 is 0 Å². The number of hydrogen-bond acceptors (Lipinski definition) is 3. The normalized spacial score (nSPS) is 48.4. The van der Waals surface area contributed by atoms with Gasteiger partial charge in [-0.15, -0.1) is 0 Å². The minimum absolute atomic E-state index is 0.0291. The van der Waals surface area contributed by atoms with Crippen LogP contribution < -0.4 is 4.74 Å². The molecule has 110 valence electrons. The fraction of sp³-hybridized carbons (Fsp3) is 0.667. The van der Waals surface area contributed by atoms with Crippen LogP contribution in [0.15, 0.2) is 12.1 Å². The van der Waals surface area contributed by atoms with Gasteiger partial charge in [0.1, 0.15) is 11.9 Å². The fourth-order valence-corrected chi connectivity index (χ4v) is 6.46. The molecule has 4 bridgehead atoms. The van der Waals surface area contributed by atoms with E-state index in [9.17, 15) is 0 Å². The SMILES string of the molecule is Cc1ccc2c3c1O[C@@H]1[C@@H]4CC[C@]5(O4)[C@H](C2)N(C)CC[C@@]315. The largest absolute Gasteiger partial charge is 0.486 e. The smallest absolute Gasteiger partial charge is 0.137 e. The summed E-state index contributed by atoms with van der Waals surface area (Å²) in [7, 11) is 2.28. The van der Waals surface area contributed by atoms with E-state index in [0.717, 1.165) is 6.42 Å². The summed E-state index contributed by atoms with van der Waals surface area (Å²) in [6.07, 6.45) is 5.32. The molecule has 0 saturated carbocycles. The van der Waals surface area contributed by atoms with E-state index in [1.165, 1.54) is 42.7 Å². The number of nitrogens with zero attached hydrogens (tertiary/aromatic N) is 1. The Balaban J connectivity index is 1.74. The Morgan fingerprint density at radius 3 is 3.10 bits per heavy atom. The molecule has 3 nitrogen and oxygen atoms in total. The molecule has 3 saturated heterocycles. The predicted molar refractivity (Wildman–Crippen MR) is 78.9 cm³/mol. The molecule has 2 spiro atoms. The van der Waals surface area contributed by atoms with Gasteiger partial charge in [-0.05, 0) is 57.3 Å². The van der Waals surface area contributed by atoms with Crippen molar-refractivity contribution in [2.45, 2.75) is 61.9 Å². The third-order valence-corrected chi connectivity index (χ3v) is 7.21. The highest BCUT2D eigenvalue weighted by Crippen LogP contribution is 2.70. The minimum atomic E-state index is 0.0291. The number of aryl methyl sites for hydroxylation is 1. The zero-order valence-corrected chi connectivity index (χ0v) is 12.7. The van der Waals surface area contributed by atoms with Gasteiger partial charge in [-0.2, -0.15) is 0 Å². The van der Waals surface area contributed by atoms with Crippen molar-refractivity contribution in [3.63, 3.8) is 0 Å². The molecule has 21 heavy (non-hydrogen) atoms. The Kier molecular flexibility index (Phi) is 1.73. The summed E-state index contributed by atoms with van der Waals surface area (Å²) in [5, 5.41) is 0. The minimum Gasteiger partial charge on any atom is -0.486 e. The molecule has 5 atom stereocenters. The van der Waals surface area contributed by atoms with Gasteiger partial charge in [0.2, 0.25) is 0 Å². The number of ether oxygens (including phenoxy) is 2. The van der Waals surface area contributed by atoms with Crippen LogP contribution in [0.1, 0.15) is 36.0 Å². The molecule has 5 aliphatic rings. The van der Waals surface area contributed by atoms with E-state index in [-0.39, 0.29) is 17.1 Å². The van der Waals surface area contributed by atoms with Gasteiger partial charge in [0, 0.05) is 11.6 Å². The van der Waals surface area contributed by atoms with Crippen LogP contribution >= 0.6 is 0 Å². The highest BCUT2D eigenvalue weighted by atomic mass is 16.6. The molecular formula is C18H21NO2. The van der Waals surface area contributed by atoms with Crippen LogP contribution in [0.3, 0.4) is 0 Å². The van der Waals surface area contributed by atoms with E-state index in [4.69, 9.17) is 9.47 Å². The summed E-state index contributed by atoms with van der Waals surface area (Å²) in [5.41, 5.74) is 4.56. The quantitative estimate of drug-likeness (QED) is 0.728. The number of piperidine rings is 1. The summed E-state index contributed by atoms with van der Waals surface area (Å²) >= 11 is 0. The molecule has 6 rings (SSSR count). The van der Waals surface area contributed by atoms with E-state index in [2.05, 4.69) is 31.0 Å². The molecule has 4 aliphatic heterocycles. The van der Waals surface area contributed by atoms with E-state index in [0.29, 0.717) is 12.1 Å². The Morgan fingerprint density at radius 2 is 2.19 bits per heavy atom. The monoisotopic (exact) mass is 283 g/mol. The second-order valence-corrected chi connectivity index (χ2v) is 7.79. The Bertz CT molecular complexity index is 686. The maximum absolute atomic E-state index is 6.68. The zero-order chi connectivity index (χ0) is 14.0. The number of benzene rings is 1. The first-order valence-corrected chi connectivity index (χ1v) is 8.35. The lowest BCUT2D eigenvalue weighted by Crippen LogP contribution is -2.70. The van der Waals surface area contributed by atoms with Gasteiger partial charge in [-0.1, -0.05) is 12.1 Å². The van der Waals surface area contributed by atoms with Crippen LogP contribution in [0.5, 0.6) is 5.75 Å². The molecule has 1 aromatic rings. The summed E-state index contributed by atoms with van der Waals surface area (Å²) in [6.45, 7) is 3.37. The van der Waals surface area contributed by atoms with Gasteiger partial charge in [0.05, 0.1) is 17.1 Å². The zero-order valence-electron chi connectivity index (χ0n) is 12.7. The van der Waals surface area contributed by atoms with Gasteiger partial charge in [-0.25, -0.2) is 0 Å². The first-order valence-electron chi connectivity index (χ1n) is 8.35. The Labute approximate surface area is 125 Å². The predicted octanol–water partition coefficient (Wildman–Crippen LogP) is 2.19. The molecule has 0 amide bonds. The molecule has 0 aromatic heterocycles. The Morgan fingerprint density at radius 1 is 1.29 bits per heavy atom. The summed E-state index contributed by atoms with van der Waals surface area (Å²) < 4.78 is 13.2. The molecule has 1 aromatic carbocycles.